The monoisotopic (exact) mass is 1120 g/mol. The largest absolute Gasteiger partial charge is 0.493 e. The number of sulfone groups is 1. The molecule has 2 amide bonds. The zero-order chi connectivity index (χ0) is 51.6. The van der Waals surface area contributed by atoms with Gasteiger partial charge in [0.15, 0.2) is 9.84 Å². The van der Waals surface area contributed by atoms with Crippen LogP contribution in [-0.2, 0) is 9.84 Å². The molecule has 0 spiro atoms. The van der Waals surface area contributed by atoms with Crippen LogP contribution in [0.3, 0.4) is 0 Å². The number of carbonyl (C=O) groups is 2. The van der Waals surface area contributed by atoms with E-state index < -0.39 is 9.84 Å². The van der Waals surface area contributed by atoms with E-state index in [0.29, 0.717) is 72.4 Å². The third-order valence-electron chi connectivity index (χ3n) is 11.8. The number of aromatic nitrogens is 6. The number of anilines is 2. The summed E-state index contributed by atoms with van der Waals surface area (Å²) >= 11 is 6.32. The average Bonchev–Trinajstić information content (AvgIpc) is 4.09. The molecule has 1 aliphatic heterocycles. The van der Waals surface area contributed by atoms with E-state index in [1.807, 2.05) is 146 Å². The molecular weight excluding hydrogens is 1070 g/mol. The lowest BCUT2D eigenvalue weighted by atomic mass is 10.1. The lowest BCUT2D eigenvalue weighted by Crippen LogP contribution is -2.42. The van der Waals surface area contributed by atoms with Crippen LogP contribution in [0.4, 0.5) is 11.4 Å². The Morgan fingerprint density at radius 2 is 1.01 bits per heavy atom. The first-order chi connectivity index (χ1) is 36.6. The zero-order valence-corrected chi connectivity index (χ0v) is 44.0. The molecule has 0 radical (unpaired) electrons. The van der Waals surface area contributed by atoms with Gasteiger partial charge < -0.3 is 20.1 Å². The zero-order valence-electron chi connectivity index (χ0n) is 40.0. The Bertz CT molecular complexity index is 3670. The molecule has 6 aromatic heterocycles. The summed E-state index contributed by atoms with van der Waals surface area (Å²) in [4.78, 5) is 58.1. The van der Waals surface area contributed by atoms with E-state index in [1.54, 1.807) is 24.5 Å². The van der Waals surface area contributed by atoms with E-state index >= 15 is 0 Å². The lowest BCUT2D eigenvalue weighted by Gasteiger charge is -2.26. The van der Waals surface area contributed by atoms with Crippen LogP contribution in [0.5, 0.6) is 11.5 Å². The number of carbonyl (C=O) groups excluding carboxylic acids is 2. The fraction of sp³-hybridized carbons (Fsp3) is 0.143. The van der Waals surface area contributed by atoms with Gasteiger partial charge in [-0.15, -0.1) is 0 Å². The number of para-hydroxylation sites is 2. The number of nitrogens with one attached hydrogen (secondary N) is 2. The molecule has 0 saturated carbocycles. The number of hydrogen-bond acceptors (Lipinski definition) is 15. The number of thiazole rings is 2. The Morgan fingerprint density at radius 1 is 0.560 bits per heavy atom. The minimum absolute atomic E-state index is 0.166. The van der Waals surface area contributed by atoms with Gasteiger partial charge in [0, 0.05) is 83.9 Å². The van der Waals surface area contributed by atoms with Crippen LogP contribution >= 0.6 is 38.6 Å². The van der Waals surface area contributed by atoms with Crippen LogP contribution in [0.2, 0.25) is 0 Å². The van der Waals surface area contributed by atoms with Crippen molar-refractivity contribution in [2.45, 2.75) is 0 Å². The molecule has 15 nitrogen and oxygen atoms in total. The SMILES string of the molecule is O=C(Nc1ccccc1-c1nc2cccnc2s1)c1cc(OCCBr)cc(-c2ccccc2)n1.O=C(Nc1ccccc1-c1nc2cccnc2s1)c1cc(OCCN2CCS(=O)(=O)CC2)cc(-c2ccccc2)n1. The molecule has 0 unspecified atom stereocenters. The Hall–Kier alpha value is -7.81. The molecule has 7 heterocycles. The Balaban J connectivity index is 0.000000174. The highest BCUT2D eigenvalue weighted by atomic mass is 79.9. The van der Waals surface area contributed by atoms with Crippen LogP contribution < -0.4 is 20.1 Å². The summed E-state index contributed by atoms with van der Waals surface area (Å²) in [7, 11) is -2.94. The summed E-state index contributed by atoms with van der Waals surface area (Å²) in [5.41, 5.74) is 8.06. The molecule has 2 N–H and O–H groups in total. The standard InChI is InChI=1S/C30H27N5O4S2.C26H19BrN4O2S/c36-28(33-24-10-5-4-9-23(24)29-34-25-11-6-12-31-30(25)40-29)27-20-22(19-26(32-27)21-7-2-1-3-8-21)39-16-13-35-14-17-41(37,38)18-15-35;27-12-14-33-18-15-22(17-7-2-1-3-8-17)29-23(16-18)24(32)30-20-10-5-4-9-19(20)25-31-21-11-6-13-28-26(21)34-25/h1-12,19-20H,13-18H2,(H,33,36);1-11,13,15-16H,12,14H2,(H,30,32). The normalized spacial score (nSPS) is 13.1. The van der Waals surface area contributed by atoms with Gasteiger partial charge in [-0.25, -0.2) is 38.3 Å². The van der Waals surface area contributed by atoms with Crippen molar-refractivity contribution in [1.82, 2.24) is 34.8 Å². The number of fused-ring (bicyclic) bond motifs is 2. The van der Waals surface area contributed by atoms with Crippen molar-refractivity contribution in [1.29, 1.82) is 0 Å². The number of rotatable bonds is 15. The highest BCUT2D eigenvalue weighted by Gasteiger charge is 2.22. The molecule has 1 aliphatic rings. The van der Waals surface area contributed by atoms with E-state index in [2.05, 4.69) is 56.4 Å². The van der Waals surface area contributed by atoms with Crippen molar-refractivity contribution in [3.8, 4) is 55.2 Å². The van der Waals surface area contributed by atoms with E-state index in [4.69, 9.17) is 14.5 Å². The molecule has 376 valence electrons. The summed E-state index contributed by atoms with van der Waals surface area (Å²) in [5, 5.41) is 8.26. The van der Waals surface area contributed by atoms with Crippen LogP contribution in [0, 0.1) is 0 Å². The van der Waals surface area contributed by atoms with Crippen LogP contribution in [0.15, 0.2) is 170 Å². The average molecular weight is 1120 g/mol. The molecule has 11 rings (SSSR count). The predicted molar refractivity (Wildman–Crippen MR) is 301 cm³/mol. The van der Waals surface area contributed by atoms with E-state index in [-0.39, 0.29) is 34.7 Å². The molecule has 0 bridgehead atoms. The molecule has 4 aromatic carbocycles. The topological polar surface area (TPSA) is 191 Å². The first kappa shape index (κ1) is 50.7. The number of ether oxygens (including phenoxy) is 2. The van der Waals surface area contributed by atoms with Crippen molar-refractivity contribution < 1.29 is 27.5 Å². The number of alkyl halides is 1. The van der Waals surface area contributed by atoms with E-state index in [1.165, 1.54) is 22.7 Å². The Kier molecular flexibility index (Phi) is 16.0. The fourth-order valence-electron chi connectivity index (χ4n) is 8.05. The Morgan fingerprint density at radius 3 is 1.48 bits per heavy atom. The van der Waals surface area contributed by atoms with Crippen LogP contribution in [0.25, 0.3) is 64.4 Å². The second-order valence-corrected chi connectivity index (χ2v) is 22.0. The third-order valence-corrected chi connectivity index (χ3v) is 15.8. The number of amides is 2. The minimum atomic E-state index is -2.94. The summed E-state index contributed by atoms with van der Waals surface area (Å²) in [5.74, 6) is 0.733. The van der Waals surface area contributed by atoms with Gasteiger partial charge in [-0.05, 0) is 48.5 Å². The van der Waals surface area contributed by atoms with E-state index in [0.717, 1.165) is 53.0 Å². The molecular formula is C56H46BrN9O6S3. The third kappa shape index (κ3) is 12.8. The van der Waals surface area contributed by atoms with Gasteiger partial charge in [-0.3, -0.25) is 14.5 Å². The first-order valence-corrected chi connectivity index (χ1v) is 28.4. The van der Waals surface area contributed by atoms with Gasteiger partial charge in [0.1, 0.15) is 60.2 Å². The van der Waals surface area contributed by atoms with Crippen molar-refractivity contribution in [3.05, 3.63) is 182 Å². The van der Waals surface area contributed by atoms with Gasteiger partial charge in [0.25, 0.3) is 11.8 Å². The van der Waals surface area contributed by atoms with Gasteiger partial charge in [-0.1, -0.05) is 124 Å². The highest BCUT2D eigenvalue weighted by molar-refractivity contribution is 9.09. The lowest BCUT2D eigenvalue weighted by molar-refractivity contribution is 0.101. The minimum Gasteiger partial charge on any atom is -0.493 e. The maximum atomic E-state index is 13.6. The quantitative estimate of drug-likeness (QED) is 0.0923. The van der Waals surface area contributed by atoms with Gasteiger partial charge in [0.2, 0.25) is 0 Å². The first-order valence-electron chi connectivity index (χ1n) is 23.8. The fourth-order valence-corrected chi connectivity index (χ4v) is 11.4. The summed E-state index contributed by atoms with van der Waals surface area (Å²) < 4.78 is 35.3. The summed E-state index contributed by atoms with van der Waals surface area (Å²) in [6.07, 6.45) is 3.48. The number of benzene rings is 4. The van der Waals surface area contributed by atoms with E-state index in [9.17, 15) is 18.0 Å². The summed E-state index contributed by atoms with van der Waals surface area (Å²) in [6.45, 7) is 2.41. The predicted octanol–water partition coefficient (Wildman–Crippen LogP) is 11.2. The second-order valence-electron chi connectivity index (χ2n) is 17.0. The van der Waals surface area contributed by atoms with Crippen molar-refractivity contribution in [3.63, 3.8) is 0 Å². The number of halogens is 1. The maximum Gasteiger partial charge on any atom is 0.274 e. The molecule has 75 heavy (non-hydrogen) atoms. The molecule has 1 saturated heterocycles. The molecule has 1 fully saturated rings. The molecule has 0 atom stereocenters. The van der Waals surface area contributed by atoms with Crippen LogP contribution in [-0.4, -0.2) is 105 Å². The molecule has 19 heteroatoms. The maximum absolute atomic E-state index is 13.6. The molecule has 0 aliphatic carbocycles. The number of nitrogens with zero attached hydrogens (tertiary/aromatic N) is 7. The Labute approximate surface area is 448 Å². The number of hydrogen-bond donors (Lipinski definition) is 2. The summed E-state index contributed by atoms with van der Waals surface area (Å²) in [6, 6.07) is 48.9. The van der Waals surface area contributed by atoms with Gasteiger partial charge >= 0.3 is 0 Å². The van der Waals surface area contributed by atoms with Gasteiger partial charge in [-0.2, -0.15) is 0 Å². The smallest absolute Gasteiger partial charge is 0.274 e. The van der Waals surface area contributed by atoms with Crippen molar-refractivity contribution in [2.24, 2.45) is 0 Å². The van der Waals surface area contributed by atoms with Gasteiger partial charge in [0.05, 0.1) is 40.9 Å². The molecule has 10 aromatic rings. The number of pyridine rings is 4. The van der Waals surface area contributed by atoms with Crippen LogP contribution in [0.1, 0.15) is 21.0 Å². The highest BCUT2D eigenvalue weighted by Crippen LogP contribution is 2.36. The van der Waals surface area contributed by atoms with Crippen molar-refractivity contribution in [2.75, 3.05) is 60.3 Å². The van der Waals surface area contributed by atoms with Crippen molar-refractivity contribution >= 4 is 92.3 Å². The second kappa shape index (κ2) is 23.6.